The largest absolute Gasteiger partial charge is 0.472 e. The van der Waals surface area contributed by atoms with Crippen molar-refractivity contribution in [2.24, 2.45) is 0 Å². The maximum absolute atomic E-state index is 12.8. The van der Waals surface area contributed by atoms with Crippen LogP contribution in [0.5, 0.6) is 0 Å². The predicted octanol–water partition coefficient (Wildman–Crippen LogP) is 16.8. The standard InChI is InChI=1S/C56H104NO7P/c1-6-8-10-12-14-16-18-20-22-24-25-26-27-28-29-30-31-32-34-36-38-40-42-44-46-48-51-61-53-55(54-63-65(59,60)62-52-50-57(3,4)5)64-56(58)49-47-45-43-41-39-37-35-33-23-21-19-17-15-13-11-9-7-2/h8,10,14,16,20-23,25-26,55H,6-7,9,11-13,15,17-19,24,27-54H2,1-5H3/p+1/b10-8-,16-14-,22-20-,23-21-,26-25-. The number of unbranched alkanes of at least 4 members (excludes halogenated alkanes) is 26. The molecule has 9 heteroatoms. The second-order valence-corrected chi connectivity index (χ2v) is 20.7. The van der Waals surface area contributed by atoms with Gasteiger partial charge in [-0.3, -0.25) is 13.8 Å². The lowest BCUT2D eigenvalue weighted by molar-refractivity contribution is -0.870. The summed E-state index contributed by atoms with van der Waals surface area (Å²) in [7, 11) is 1.67. The Morgan fingerprint density at radius 1 is 0.492 bits per heavy atom. The zero-order chi connectivity index (χ0) is 47.6. The van der Waals surface area contributed by atoms with Gasteiger partial charge in [0.1, 0.15) is 19.3 Å². The first-order chi connectivity index (χ1) is 31.6. The molecule has 0 aromatic rings. The molecular weight excluding hydrogens is 830 g/mol. The molecule has 0 bridgehead atoms. The maximum atomic E-state index is 12.8. The number of hydrogen-bond acceptors (Lipinski definition) is 6. The van der Waals surface area contributed by atoms with Gasteiger partial charge in [-0.1, -0.05) is 209 Å². The van der Waals surface area contributed by atoms with Crippen molar-refractivity contribution in [3.05, 3.63) is 60.8 Å². The van der Waals surface area contributed by atoms with Gasteiger partial charge >= 0.3 is 13.8 Å². The fourth-order valence-electron chi connectivity index (χ4n) is 7.42. The second-order valence-electron chi connectivity index (χ2n) is 19.2. The second kappa shape index (κ2) is 48.6. The highest BCUT2D eigenvalue weighted by molar-refractivity contribution is 7.47. The molecular formula is C56H105NO7P+. The number of carbonyl (C=O) groups excluding carboxylic acids is 1. The fourth-order valence-corrected chi connectivity index (χ4v) is 8.16. The molecule has 0 amide bonds. The van der Waals surface area contributed by atoms with Crippen molar-refractivity contribution in [1.29, 1.82) is 0 Å². The molecule has 2 unspecified atom stereocenters. The minimum atomic E-state index is -4.28. The molecule has 0 saturated heterocycles. The SMILES string of the molecule is CC/C=C\C/C=C\C/C=C\C/C=C\CCCCCCCCCCCCCCCOCC(COP(=O)(O)OCC[N+](C)(C)C)OC(=O)CCCCCCCCC/C=C\CCCCCCCC. The van der Waals surface area contributed by atoms with E-state index in [9.17, 15) is 14.3 Å². The van der Waals surface area contributed by atoms with Crippen molar-refractivity contribution in [2.75, 3.05) is 54.1 Å². The van der Waals surface area contributed by atoms with Crippen molar-refractivity contribution in [3.63, 3.8) is 0 Å². The van der Waals surface area contributed by atoms with E-state index in [1.165, 1.54) is 154 Å². The van der Waals surface area contributed by atoms with Gasteiger partial charge in [-0.15, -0.1) is 0 Å². The third-order valence-corrected chi connectivity index (χ3v) is 12.5. The molecule has 0 aromatic heterocycles. The summed E-state index contributed by atoms with van der Waals surface area (Å²) in [5.41, 5.74) is 0. The molecule has 0 spiro atoms. The summed E-state index contributed by atoms with van der Waals surface area (Å²) in [6.07, 6.45) is 62.7. The van der Waals surface area contributed by atoms with Gasteiger partial charge in [0.2, 0.25) is 0 Å². The highest BCUT2D eigenvalue weighted by Crippen LogP contribution is 2.43. The lowest BCUT2D eigenvalue weighted by Crippen LogP contribution is -2.37. The number of phosphoric acid groups is 1. The molecule has 0 aliphatic carbocycles. The summed E-state index contributed by atoms with van der Waals surface area (Å²) >= 11 is 0. The molecule has 0 aromatic carbocycles. The molecule has 0 fully saturated rings. The quantitative estimate of drug-likeness (QED) is 0.0214. The summed E-state index contributed by atoms with van der Waals surface area (Å²) < 4.78 is 35.2. The van der Waals surface area contributed by atoms with Crippen LogP contribution in [0.3, 0.4) is 0 Å². The first-order valence-corrected chi connectivity index (χ1v) is 28.5. The molecule has 1 N–H and O–H groups in total. The molecule has 0 saturated carbocycles. The Kier molecular flexibility index (Phi) is 47.3. The van der Waals surface area contributed by atoms with Gasteiger partial charge < -0.3 is 18.9 Å². The molecule has 0 radical (unpaired) electrons. The lowest BCUT2D eigenvalue weighted by atomic mass is 10.0. The first kappa shape index (κ1) is 63.2. The van der Waals surface area contributed by atoms with Gasteiger partial charge in [-0.05, 0) is 77.0 Å². The van der Waals surface area contributed by atoms with E-state index < -0.39 is 13.9 Å². The number of likely N-dealkylation sites (N-methyl/N-ethyl adjacent to an activating group) is 1. The van der Waals surface area contributed by atoms with E-state index in [1.54, 1.807) is 0 Å². The molecule has 8 nitrogen and oxygen atoms in total. The average Bonchev–Trinajstić information content (AvgIpc) is 3.27. The van der Waals surface area contributed by atoms with E-state index >= 15 is 0 Å². The van der Waals surface area contributed by atoms with Crippen LogP contribution in [0, 0.1) is 0 Å². The smallest absolute Gasteiger partial charge is 0.457 e. The van der Waals surface area contributed by atoms with E-state index in [0.717, 1.165) is 57.8 Å². The van der Waals surface area contributed by atoms with E-state index in [-0.39, 0.29) is 25.8 Å². The number of hydrogen-bond donors (Lipinski definition) is 1. The summed E-state index contributed by atoms with van der Waals surface area (Å²) in [5, 5.41) is 0. The minimum Gasteiger partial charge on any atom is -0.457 e. The summed E-state index contributed by atoms with van der Waals surface area (Å²) in [6.45, 7) is 5.52. The number of allylic oxidation sites excluding steroid dienone is 10. The van der Waals surface area contributed by atoms with Crippen LogP contribution >= 0.6 is 7.82 Å². The number of ether oxygens (including phenoxy) is 2. The number of nitrogens with zero attached hydrogens (tertiary/aromatic N) is 1. The van der Waals surface area contributed by atoms with Gasteiger partial charge in [0.25, 0.3) is 0 Å². The molecule has 0 heterocycles. The molecule has 65 heavy (non-hydrogen) atoms. The Bertz CT molecular complexity index is 1220. The minimum absolute atomic E-state index is 0.0865. The van der Waals surface area contributed by atoms with E-state index in [4.69, 9.17) is 18.5 Å². The maximum Gasteiger partial charge on any atom is 0.472 e. The number of esters is 1. The number of carbonyl (C=O) groups is 1. The lowest BCUT2D eigenvalue weighted by Gasteiger charge is -2.24. The molecule has 380 valence electrons. The van der Waals surface area contributed by atoms with Gasteiger partial charge in [0.05, 0.1) is 34.4 Å². The van der Waals surface area contributed by atoms with Crippen LogP contribution in [0.2, 0.25) is 0 Å². The van der Waals surface area contributed by atoms with Crippen molar-refractivity contribution in [1.82, 2.24) is 0 Å². The third-order valence-electron chi connectivity index (χ3n) is 11.6. The summed E-state index contributed by atoms with van der Waals surface area (Å²) in [5.74, 6) is -0.317. The van der Waals surface area contributed by atoms with Gasteiger partial charge in [-0.25, -0.2) is 4.57 Å². The summed E-state index contributed by atoms with van der Waals surface area (Å²) in [6, 6.07) is 0. The van der Waals surface area contributed by atoms with Crippen LogP contribution in [0.15, 0.2) is 60.8 Å². The van der Waals surface area contributed by atoms with Crippen LogP contribution in [-0.2, 0) is 27.9 Å². The Hall–Kier alpha value is -1.80. The Morgan fingerprint density at radius 3 is 1.35 bits per heavy atom. The Labute approximate surface area is 402 Å². The van der Waals surface area contributed by atoms with Crippen LogP contribution in [0.4, 0.5) is 0 Å². The van der Waals surface area contributed by atoms with Crippen molar-refractivity contribution in [2.45, 2.75) is 238 Å². The fraction of sp³-hybridized carbons (Fsp3) is 0.804. The van der Waals surface area contributed by atoms with Crippen molar-refractivity contribution < 1.29 is 37.3 Å². The molecule has 0 aliphatic rings. The zero-order valence-electron chi connectivity index (χ0n) is 43.2. The van der Waals surface area contributed by atoms with E-state index in [1.807, 2.05) is 21.1 Å². The normalized spacial score (nSPS) is 14.0. The molecule has 2 atom stereocenters. The number of quaternary nitrogens is 1. The number of rotatable bonds is 50. The topological polar surface area (TPSA) is 91.3 Å². The highest BCUT2D eigenvalue weighted by atomic mass is 31.2. The van der Waals surface area contributed by atoms with Crippen LogP contribution in [0.25, 0.3) is 0 Å². The molecule has 0 rings (SSSR count). The van der Waals surface area contributed by atoms with E-state index in [0.29, 0.717) is 24.1 Å². The molecule has 0 aliphatic heterocycles. The monoisotopic (exact) mass is 935 g/mol. The average molecular weight is 935 g/mol. The zero-order valence-corrected chi connectivity index (χ0v) is 44.1. The predicted molar refractivity (Wildman–Crippen MR) is 279 cm³/mol. The Morgan fingerprint density at radius 2 is 0.892 bits per heavy atom. The van der Waals surface area contributed by atoms with Gasteiger partial charge in [0, 0.05) is 13.0 Å². The van der Waals surface area contributed by atoms with Gasteiger partial charge in [-0.2, -0.15) is 0 Å². The van der Waals surface area contributed by atoms with Gasteiger partial charge in [0.15, 0.2) is 0 Å². The van der Waals surface area contributed by atoms with Crippen LogP contribution in [-0.4, -0.2) is 75.6 Å². The number of phosphoric ester groups is 1. The van der Waals surface area contributed by atoms with Crippen molar-refractivity contribution in [3.8, 4) is 0 Å². The van der Waals surface area contributed by atoms with E-state index in [2.05, 4.69) is 74.6 Å². The van der Waals surface area contributed by atoms with Crippen molar-refractivity contribution >= 4 is 13.8 Å². The van der Waals surface area contributed by atoms with Crippen LogP contribution in [0.1, 0.15) is 232 Å². The Balaban J connectivity index is 4.08. The first-order valence-electron chi connectivity index (χ1n) is 27.0. The third kappa shape index (κ3) is 53.0. The summed E-state index contributed by atoms with van der Waals surface area (Å²) in [4.78, 5) is 23.0. The van der Waals surface area contributed by atoms with Crippen LogP contribution < -0.4 is 0 Å². The highest BCUT2D eigenvalue weighted by Gasteiger charge is 2.26.